The summed E-state index contributed by atoms with van der Waals surface area (Å²) in [5.74, 6) is -1.34. The minimum Gasteiger partial charge on any atom is -0.481 e. The van der Waals surface area contributed by atoms with Crippen LogP contribution < -0.4 is 5.32 Å². The molecular formula is C14H18ClNO3. The lowest BCUT2D eigenvalue weighted by Crippen LogP contribution is -2.25. The number of carbonyl (C=O) groups is 2. The third-order valence-electron chi connectivity index (χ3n) is 2.95. The van der Waals surface area contributed by atoms with E-state index in [-0.39, 0.29) is 11.8 Å². The highest BCUT2D eigenvalue weighted by Crippen LogP contribution is 2.15. The van der Waals surface area contributed by atoms with Gasteiger partial charge in [-0.05, 0) is 43.5 Å². The van der Waals surface area contributed by atoms with Crippen LogP contribution in [0.4, 0.5) is 0 Å². The zero-order valence-corrected chi connectivity index (χ0v) is 11.8. The van der Waals surface area contributed by atoms with Crippen LogP contribution in [0.2, 0.25) is 5.02 Å². The number of aryl methyl sites for hydroxylation is 1. The van der Waals surface area contributed by atoms with Crippen LogP contribution in [0.15, 0.2) is 18.2 Å². The second-order valence-corrected chi connectivity index (χ2v) is 5.03. The first-order valence-electron chi connectivity index (χ1n) is 6.19. The predicted octanol–water partition coefficient (Wildman–Crippen LogP) is 2.88. The molecule has 5 heteroatoms. The zero-order chi connectivity index (χ0) is 14.4. The van der Waals surface area contributed by atoms with Crippen molar-refractivity contribution in [1.82, 2.24) is 5.32 Å². The van der Waals surface area contributed by atoms with E-state index in [1.165, 1.54) is 0 Å². The Morgan fingerprint density at radius 1 is 1.42 bits per heavy atom. The normalized spacial score (nSPS) is 11.9. The summed E-state index contributed by atoms with van der Waals surface area (Å²) in [5.41, 5.74) is 1.42. The van der Waals surface area contributed by atoms with Gasteiger partial charge in [0, 0.05) is 17.1 Å². The second kappa shape index (κ2) is 7.14. The van der Waals surface area contributed by atoms with Gasteiger partial charge in [0.1, 0.15) is 0 Å². The fourth-order valence-electron chi connectivity index (χ4n) is 1.71. The molecule has 1 amide bonds. The molecule has 2 N–H and O–H groups in total. The summed E-state index contributed by atoms with van der Waals surface area (Å²) in [6, 6.07) is 5.10. The number of carboxylic acid groups (broad SMARTS) is 1. The van der Waals surface area contributed by atoms with Gasteiger partial charge in [-0.2, -0.15) is 0 Å². The lowest BCUT2D eigenvalue weighted by atomic mass is 10.1. The summed E-state index contributed by atoms with van der Waals surface area (Å²) < 4.78 is 0. The Hall–Kier alpha value is -1.55. The summed E-state index contributed by atoms with van der Waals surface area (Å²) in [5, 5.41) is 12.1. The monoisotopic (exact) mass is 283 g/mol. The van der Waals surface area contributed by atoms with Crippen LogP contribution in [0, 0.1) is 12.8 Å². The van der Waals surface area contributed by atoms with E-state index in [1.54, 1.807) is 25.1 Å². The fourth-order valence-corrected chi connectivity index (χ4v) is 1.94. The maximum absolute atomic E-state index is 11.9. The largest absolute Gasteiger partial charge is 0.481 e. The van der Waals surface area contributed by atoms with Gasteiger partial charge in [0.2, 0.25) is 0 Å². The molecule has 0 radical (unpaired) electrons. The smallest absolute Gasteiger partial charge is 0.306 e. The van der Waals surface area contributed by atoms with Crippen LogP contribution in [0.25, 0.3) is 0 Å². The summed E-state index contributed by atoms with van der Waals surface area (Å²) in [6.45, 7) is 3.96. The number of carbonyl (C=O) groups excluding carboxylic acids is 1. The number of nitrogens with one attached hydrogen (secondary N) is 1. The van der Waals surface area contributed by atoms with E-state index in [0.717, 1.165) is 5.56 Å². The molecule has 1 atom stereocenters. The van der Waals surface area contributed by atoms with Crippen molar-refractivity contribution in [2.75, 3.05) is 6.54 Å². The molecule has 1 rings (SSSR count). The quantitative estimate of drug-likeness (QED) is 0.789. The van der Waals surface area contributed by atoms with Gasteiger partial charge in [0.15, 0.2) is 0 Å². The van der Waals surface area contributed by atoms with E-state index < -0.39 is 5.97 Å². The van der Waals surface area contributed by atoms with Crippen molar-refractivity contribution >= 4 is 23.5 Å². The molecule has 1 aromatic rings. The van der Waals surface area contributed by atoms with Gasteiger partial charge >= 0.3 is 5.97 Å². The lowest BCUT2D eigenvalue weighted by Gasteiger charge is -2.09. The van der Waals surface area contributed by atoms with Crippen LogP contribution in [-0.2, 0) is 4.79 Å². The second-order valence-electron chi connectivity index (χ2n) is 4.60. The van der Waals surface area contributed by atoms with Crippen LogP contribution in [0.1, 0.15) is 35.7 Å². The number of halogens is 1. The number of hydrogen-bond donors (Lipinski definition) is 2. The summed E-state index contributed by atoms with van der Waals surface area (Å²) in [7, 11) is 0. The van der Waals surface area contributed by atoms with Crippen molar-refractivity contribution in [3.05, 3.63) is 34.3 Å². The van der Waals surface area contributed by atoms with Gasteiger partial charge < -0.3 is 10.4 Å². The molecule has 0 fully saturated rings. The molecule has 0 bridgehead atoms. The van der Waals surface area contributed by atoms with Crippen molar-refractivity contribution < 1.29 is 14.7 Å². The number of aliphatic carboxylic acids is 1. The maximum atomic E-state index is 11.9. The zero-order valence-electron chi connectivity index (χ0n) is 11.1. The van der Waals surface area contributed by atoms with E-state index in [1.807, 2.05) is 6.92 Å². The molecule has 4 nitrogen and oxygen atoms in total. The molecule has 0 saturated carbocycles. The summed E-state index contributed by atoms with van der Waals surface area (Å²) >= 11 is 5.83. The van der Waals surface area contributed by atoms with Gasteiger partial charge in [0.25, 0.3) is 5.91 Å². The number of carboxylic acids is 1. The Labute approximate surface area is 117 Å². The lowest BCUT2D eigenvalue weighted by molar-refractivity contribution is -0.141. The molecule has 0 aliphatic carbocycles. The van der Waals surface area contributed by atoms with Crippen molar-refractivity contribution in [3.8, 4) is 0 Å². The van der Waals surface area contributed by atoms with Crippen molar-refractivity contribution in [3.63, 3.8) is 0 Å². The highest BCUT2D eigenvalue weighted by molar-refractivity contribution is 6.30. The number of hydrogen-bond acceptors (Lipinski definition) is 2. The minimum atomic E-state index is -0.806. The Morgan fingerprint density at radius 2 is 2.11 bits per heavy atom. The van der Waals surface area contributed by atoms with Crippen LogP contribution in [-0.4, -0.2) is 23.5 Å². The molecule has 0 aromatic heterocycles. The van der Waals surface area contributed by atoms with Crippen LogP contribution in [0.3, 0.4) is 0 Å². The molecule has 104 valence electrons. The Morgan fingerprint density at radius 3 is 2.68 bits per heavy atom. The standard InChI is InChI=1S/C14H18ClNO3/c1-9(14(18)19)4-3-7-16-13(17)12-6-5-11(15)8-10(12)2/h5-6,8-9H,3-4,7H2,1-2H3,(H,16,17)(H,18,19). The third kappa shape index (κ3) is 4.91. The molecule has 0 heterocycles. The molecule has 1 aromatic carbocycles. The van der Waals surface area contributed by atoms with E-state index in [9.17, 15) is 9.59 Å². The van der Waals surface area contributed by atoms with E-state index in [4.69, 9.17) is 16.7 Å². The van der Waals surface area contributed by atoms with Gasteiger partial charge in [-0.25, -0.2) is 0 Å². The predicted molar refractivity (Wildman–Crippen MR) is 74.6 cm³/mol. The van der Waals surface area contributed by atoms with E-state index in [2.05, 4.69) is 5.32 Å². The fraction of sp³-hybridized carbons (Fsp3) is 0.429. The highest BCUT2D eigenvalue weighted by atomic mass is 35.5. The van der Waals surface area contributed by atoms with Crippen LogP contribution in [0.5, 0.6) is 0 Å². The maximum Gasteiger partial charge on any atom is 0.306 e. The molecule has 19 heavy (non-hydrogen) atoms. The van der Waals surface area contributed by atoms with Gasteiger partial charge in [0.05, 0.1) is 5.92 Å². The molecule has 0 aliphatic heterocycles. The Balaban J connectivity index is 2.41. The van der Waals surface area contributed by atoms with Crippen LogP contribution >= 0.6 is 11.6 Å². The molecule has 0 saturated heterocycles. The third-order valence-corrected chi connectivity index (χ3v) is 3.19. The van der Waals surface area contributed by atoms with Gasteiger partial charge in [-0.3, -0.25) is 9.59 Å². The number of amides is 1. The summed E-state index contributed by atoms with van der Waals surface area (Å²) in [6.07, 6.45) is 1.20. The molecule has 1 unspecified atom stereocenters. The van der Waals surface area contributed by atoms with Crippen molar-refractivity contribution in [2.45, 2.75) is 26.7 Å². The molecule has 0 spiro atoms. The van der Waals surface area contributed by atoms with E-state index in [0.29, 0.717) is 30.0 Å². The first kappa shape index (κ1) is 15.5. The SMILES string of the molecule is Cc1cc(Cl)ccc1C(=O)NCCCC(C)C(=O)O. The first-order chi connectivity index (χ1) is 8.91. The average molecular weight is 284 g/mol. The minimum absolute atomic E-state index is 0.155. The average Bonchev–Trinajstić information content (AvgIpc) is 2.33. The van der Waals surface area contributed by atoms with Gasteiger partial charge in [-0.1, -0.05) is 18.5 Å². The van der Waals surface area contributed by atoms with Crippen molar-refractivity contribution in [1.29, 1.82) is 0 Å². The topological polar surface area (TPSA) is 66.4 Å². The molecular weight excluding hydrogens is 266 g/mol. The first-order valence-corrected chi connectivity index (χ1v) is 6.56. The highest BCUT2D eigenvalue weighted by Gasteiger charge is 2.11. The number of benzene rings is 1. The van der Waals surface area contributed by atoms with Gasteiger partial charge in [-0.15, -0.1) is 0 Å². The van der Waals surface area contributed by atoms with E-state index >= 15 is 0 Å². The number of rotatable bonds is 6. The summed E-state index contributed by atoms with van der Waals surface area (Å²) in [4.78, 5) is 22.5. The van der Waals surface area contributed by atoms with Crippen molar-refractivity contribution in [2.24, 2.45) is 5.92 Å². The molecule has 0 aliphatic rings. The Kier molecular flexibility index (Phi) is 5.83. The Bertz CT molecular complexity index is 474.